The summed E-state index contributed by atoms with van der Waals surface area (Å²) in [4.78, 5) is 11.2. The molecule has 0 aromatic carbocycles. The van der Waals surface area contributed by atoms with E-state index in [0.29, 0.717) is 12.3 Å². The lowest BCUT2D eigenvalue weighted by Crippen LogP contribution is -2.38. The molecule has 1 atom stereocenters. The molecule has 0 amide bonds. The van der Waals surface area contributed by atoms with Crippen molar-refractivity contribution in [2.75, 3.05) is 6.54 Å². The van der Waals surface area contributed by atoms with Gasteiger partial charge in [0, 0.05) is 0 Å². The third kappa shape index (κ3) is 19.7. The lowest BCUT2D eigenvalue weighted by atomic mass is 10.0. The summed E-state index contributed by atoms with van der Waals surface area (Å²) in [5, 5.41) is 12.4. The Balaban J connectivity index is 3.33. The van der Waals surface area contributed by atoms with Gasteiger partial charge in [-0.15, -0.1) is 0 Å². The first-order valence-electron chi connectivity index (χ1n) is 11.7. The Morgan fingerprint density at radius 3 is 1.78 bits per heavy atom. The molecule has 1 unspecified atom stereocenters. The maximum atomic E-state index is 11.2. The van der Waals surface area contributed by atoms with E-state index >= 15 is 0 Å². The maximum absolute atomic E-state index is 11.2. The molecule has 0 saturated heterocycles. The van der Waals surface area contributed by atoms with Gasteiger partial charge in [0.25, 0.3) is 0 Å². The Labute approximate surface area is 169 Å². The number of unbranched alkanes of at least 4 members (excludes halogenated alkanes) is 12. The van der Waals surface area contributed by atoms with E-state index in [1.807, 2.05) is 0 Å². The van der Waals surface area contributed by atoms with Crippen molar-refractivity contribution in [1.29, 1.82) is 0 Å². The third-order valence-corrected chi connectivity index (χ3v) is 5.08. The van der Waals surface area contributed by atoms with Crippen LogP contribution in [0.25, 0.3) is 0 Å². The predicted octanol–water partition coefficient (Wildman–Crippen LogP) is 7.11. The van der Waals surface area contributed by atoms with Gasteiger partial charge in [-0.25, -0.2) is 0 Å². The summed E-state index contributed by atoms with van der Waals surface area (Å²) in [6, 6.07) is -0.381. The fourth-order valence-corrected chi connectivity index (χ4v) is 3.39. The highest BCUT2D eigenvalue weighted by molar-refractivity contribution is 5.73. The van der Waals surface area contributed by atoms with E-state index in [2.05, 4.69) is 38.2 Å². The van der Waals surface area contributed by atoms with Gasteiger partial charge in [0.1, 0.15) is 6.04 Å². The predicted molar refractivity (Wildman–Crippen MR) is 118 cm³/mol. The number of carboxylic acids is 1. The molecule has 0 saturated carbocycles. The molecule has 0 aliphatic carbocycles. The summed E-state index contributed by atoms with van der Waals surface area (Å²) in [6.07, 6.45) is 23.7. The SMILES string of the molecule is CCCCCCCC/C=C\CCCCCCCCNC(CC(C)C)C(=O)O. The van der Waals surface area contributed by atoms with Gasteiger partial charge in [-0.2, -0.15) is 0 Å². The van der Waals surface area contributed by atoms with Crippen LogP contribution in [0.1, 0.15) is 117 Å². The van der Waals surface area contributed by atoms with Crippen LogP contribution in [-0.4, -0.2) is 23.7 Å². The second-order valence-corrected chi connectivity index (χ2v) is 8.41. The summed E-state index contributed by atoms with van der Waals surface area (Å²) in [5.41, 5.74) is 0. The summed E-state index contributed by atoms with van der Waals surface area (Å²) in [6.45, 7) is 7.24. The number of allylic oxidation sites excluding steroid dienone is 2. The van der Waals surface area contributed by atoms with Gasteiger partial charge in [-0.1, -0.05) is 90.7 Å². The zero-order valence-corrected chi connectivity index (χ0v) is 18.5. The average Bonchev–Trinajstić information content (AvgIpc) is 2.62. The molecule has 160 valence electrons. The first-order chi connectivity index (χ1) is 13.1. The molecule has 0 aromatic rings. The van der Waals surface area contributed by atoms with E-state index in [1.54, 1.807) is 0 Å². The summed E-state index contributed by atoms with van der Waals surface area (Å²) in [7, 11) is 0. The number of nitrogens with one attached hydrogen (secondary N) is 1. The van der Waals surface area contributed by atoms with Crippen LogP contribution in [0.2, 0.25) is 0 Å². The number of aliphatic carboxylic acids is 1. The lowest BCUT2D eigenvalue weighted by molar-refractivity contribution is -0.139. The van der Waals surface area contributed by atoms with Gasteiger partial charge in [0.15, 0.2) is 0 Å². The molecular weight excluding hydrogens is 334 g/mol. The Morgan fingerprint density at radius 2 is 1.30 bits per heavy atom. The highest BCUT2D eigenvalue weighted by Crippen LogP contribution is 2.10. The van der Waals surface area contributed by atoms with E-state index in [-0.39, 0.29) is 6.04 Å². The van der Waals surface area contributed by atoms with Crippen molar-refractivity contribution in [2.24, 2.45) is 5.92 Å². The Bertz CT molecular complexity index is 352. The second-order valence-electron chi connectivity index (χ2n) is 8.41. The molecule has 3 nitrogen and oxygen atoms in total. The summed E-state index contributed by atoms with van der Waals surface area (Å²) >= 11 is 0. The average molecular weight is 382 g/mol. The molecule has 0 aliphatic rings. The Morgan fingerprint density at radius 1 is 0.815 bits per heavy atom. The number of carboxylic acid groups (broad SMARTS) is 1. The first-order valence-corrected chi connectivity index (χ1v) is 11.7. The second kappa shape index (κ2) is 19.9. The van der Waals surface area contributed by atoms with Crippen molar-refractivity contribution in [3.8, 4) is 0 Å². The molecule has 0 rings (SSSR count). The smallest absolute Gasteiger partial charge is 0.320 e. The topological polar surface area (TPSA) is 49.3 Å². The van der Waals surface area contributed by atoms with Gasteiger partial charge in [0.05, 0.1) is 0 Å². The molecule has 27 heavy (non-hydrogen) atoms. The van der Waals surface area contributed by atoms with Crippen molar-refractivity contribution in [2.45, 2.75) is 123 Å². The molecule has 2 N–H and O–H groups in total. The van der Waals surface area contributed by atoms with Crippen LogP contribution in [0, 0.1) is 5.92 Å². The highest BCUT2D eigenvalue weighted by Gasteiger charge is 2.17. The lowest BCUT2D eigenvalue weighted by Gasteiger charge is -2.16. The fraction of sp³-hybridized carbons (Fsp3) is 0.875. The van der Waals surface area contributed by atoms with Gasteiger partial charge < -0.3 is 10.4 Å². The molecule has 0 aromatic heterocycles. The van der Waals surface area contributed by atoms with E-state index in [9.17, 15) is 9.90 Å². The molecule has 0 radical (unpaired) electrons. The van der Waals surface area contributed by atoms with Gasteiger partial charge in [-0.3, -0.25) is 4.79 Å². The quantitative estimate of drug-likeness (QED) is 0.174. The third-order valence-electron chi connectivity index (χ3n) is 5.08. The van der Waals surface area contributed by atoms with E-state index in [4.69, 9.17) is 0 Å². The zero-order valence-electron chi connectivity index (χ0n) is 18.5. The van der Waals surface area contributed by atoms with Crippen LogP contribution in [0.3, 0.4) is 0 Å². The molecular formula is C24H47NO2. The minimum absolute atomic E-state index is 0.381. The molecule has 0 fully saturated rings. The van der Waals surface area contributed by atoms with Crippen LogP contribution >= 0.6 is 0 Å². The Kier molecular flexibility index (Phi) is 19.3. The monoisotopic (exact) mass is 381 g/mol. The van der Waals surface area contributed by atoms with Crippen LogP contribution in [0.15, 0.2) is 12.2 Å². The molecule has 3 heteroatoms. The number of hydrogen-bond donors (Lipinski definition) is 2. The van der Waals surface area contributed by atoms with Crippen LogP contribution in [0.4, 0.5) is 0 Å². The van der Waals surface area contributed by atoms with Gasteiger partial charge in [0.2, 0.25) is 0 Å². The van der Waals surface area contributed by atoms with Crippen molar-refractivity contribution >= 4 is 5.97 Å². The zero-order chi connectivity index (χ0) is 20.2. The summed E-state index contributed by atoms with van der Waals surface area (Å²) < 4.78 is 0. The van der Waals surface area contributed by atoms with Gasteiger partial charge >= 0.3 is 5.97 Å². The van der Waals surface area contributed by atoms with Gasteiger partial charge in [-0.05, 0) is 51.0 Å². The van der Waals surface area contributed by atoms with Crippen LogP contribution in [0.5, 0.6) is 0 Å². The largest absolute Gasteiger partial charge is 0.480 e. The van der Waals surface area contributed by atoms with Crippen molar-refractivity contribution in [1.82, 2.24) is 5.32 Å². The Hall–Kier alpha value is -0.830. The van der Waals surface area contributed by atoms with Crippen molar-refractivity contribution in [3.05, 3.63) is 12.2 Å². The molecule has 0 bridgehead atoms. The minimum Gasteiger partial charge on any atom is -0.480 e. The van der Waals surface area contributed by atoms with Crippen LogP contribution in [-0.2, 0) is 4.79 Å². The van der Waals surface area contributed by atoms with Crippen molar-refractivity contribution < 1.29 is 9.90 Å². The minimum atomic E-state index is -0.715. The summed E-state index contributed by atoms with van der Waals surface area (Å²) in [5.74, 6) is -0.299. The first kappa shape index (κ1) is 26.2. The molecule has 0 spiro atoms. The highest BCUT2D eigenvalue weighted by atomic mass is 16.4. The van der Waals surface area contributed by atoms with E-state index in [0.717, 1.165) is 13.0 Å². The maximum Gasteiger partial charge on any atom is 0.320 e. The normalized spacial score (nSPS) is 12.9. The molecule has 0 aliphatic heterocycles. The van der Waals surface area contributed by atoms with E-state index < -0.39 is 5.97 Å². The van der Waals surface area contributed by atoms with E-state index in [1.165, 1.54) is 83.5 Å². The molecule has 0 heterocycles. The number of hydrogen-bond acceptors (Lipinski definition) is 2. The number of carbonyl (C=O) groups is 1. The number of rotatable bonds is 20. The standard InChI is InChI=1S/C24H47NO2/c1-4-5-6-7-8-9-10-11-12-13-14-15-16-17-18-19-20-25-23(24(26)27)21-22(2)3/h11-12,22-23,25H,4-10,13-21H2,1-3H3,(H,26,27)/b12-11-. The van der Waals surface area contributed by atoms with Crippen molar-refractivity contribution in [3.63, 3.8) is 0 Å². The van der Waals surface area contributed by atoms with Crippen LogP contribution < -0.4 is 5.32 Å². The fourth-order valence-electron chi connectivity index (χ4n) is 3.39.